The Bertz CT molecular complexity index is 441. The van der Waals surface area contributed by atoms with Gasteiger partial charge in [0.05, 0.1) is 13.2 Å². The van der Waals surface area contributed by atoms with Crippen LogP contribution in [0.1, 0.15) is 49.9 Å². The molecule has 1 saturated heterocycles. The van der Waals surface area contributed by atoms with Gasteiger partial charge in [-0.2, -0.15) is 0 Å². The van der Waals surface area contributed by atoms with E-state index in [1.54, 1.807) is 7.11 Å². The quantitative estimate of drug-likeness (QED) is 0.787. The van der Waals surface area contributed by atoms with Gasteiger partial charge in [0, 0.05) is 11.6 Å². The minimum absolute atomic E-state index is 0.0449. The molecular formula is C17H25NO2. The summed E-state index contributed by atoms with van der Waals surface area (Å²) in [5.41, 5.74) is 0.773. The Labute approximate surface area is 121 Å². The van der Waals surface area contributed by atoms with E-state index in [-0.39, 0.29) is 11.8 Å². The zero-order chi connectivity index (χ0) is 14.5. The summed E-state index contributed by atoms with van der Waals surface area (Å²) in [6.45, 7) is 5.31. The van der Waals surface area contributed by atoms with Gasteiger partial charge in [0.15, 0.2) is 5.78 Å². The van der Waals surface area contributed by atoms with Crippen LogP contribution in [0.3, 0.4) is 0 Å². The van der Waals surface area contributed by atoms with Crippen molar-refractivity contribution in [2.45, 2.75) is 51.6 Å². The first-order chi connectivity index (χ1) is 9.63. The fourth-order valence-corrected chi connectivity index (χ4v) is 3.02. The molecule has 1 fully saturated rings. The summed E-state index contributed by atoms with van der Waals surface area (Å²) in [6.07, 6.45) is 4.95. The van der Waals surface area contributed by atoms with Gasteiger partial charge in [0.2, 0.25) is 0 Å². The summed E-state index contributed by atoms with van der Waals surface area (Å²) in [6, 6.07) is 7.88. The normalized spacial score (nSPS) is 22.1. The third-order valence-electron chi connectivity index (χ3n) is 4.36. The summed E-state index contributed by atoms with van der Waals surface area (Å²) in [4.78, 5) is 15.0. The van der Waals surface area contributed by atoms with Crippen LogP contribution < -0.4 is 4.74 Å². The highest BCUT2D eigenvalue weighted by Crippen LogP contribution is 2.21. The number of carbonyl (C=O) groups is 1. The average Bonchev–Trinajstić information content (AvgIpc) is 2.70. The van der Waals surface area contributed by atoms with Crippen LogP contribution in [0.2, 0.25) is 0 Å². The van der Waals surface area contributed by atoms with E-state index in [4.69, 9.17) is 4.74 Å². The van der Waals surface area contributed by atoms with Crippen molar-refractivity contribution < 1.29 is 9.53 Å². The molecule has 0 bridgehead atoms. The highest BCUT2D eigenvalue weighted by molar-refractivity contribution is 5.99. The van der Waals surface area contributed by atoms with E-state index >= 15 is 0 Å². The van der Waals surface area contributed by atoms with Gasteiger partial charge in [0.25, 0.3) is 0 Å². The van der Waals surface area contributed by atoms with Gasteiger partial charge in [-0.25, -0.2) is 0 Å². The number of hydrogen-bond acceptors (Lipinski definition) is 3. The maximum absolute atomic E-state index is 12.6. The summed E-state index contributed by atoms with van der Waals surface area (Å²) >= 11 is 0. The van der Waals surface area contributed by atoms with E-state index in [0.29, 0.717) is 6.04 Å². The summed E-state index contributed by atoms with van der Waals surface area (Å²) in [5.74, 6) is 0.999. The standard InChI is InChI=1S/C17H25NO2/c1-13-7-5-4-6-12-18(13)14(2)17(19)15-8-10-16(20-3)11-9-15/h8-11,13-14H,4-7,12H2,1-3H3. The summed E-state index contributed by atoms with van der Waals surface area (Å²) < 4.78 is 5.14. The Balaban J connectivity index is 2.09. The molecule has 2 rings (SSSR count). The third-order valence-corrected chi connectivity index (χ3v) is 4.36. The molecule has 1 aromatic rings. The van der Waals surface area contributed by atoms with Crippen LogP contribution in [0, 0.1) is 0 Å². The zero-order valence-electron chi connectivity index (χ0n) is 12.8. The van der Waals surface area contributed by atoms with Crippen molar-refractivity contribution in [2.75, 3.05) is 13.7 Å². The summed E-state index contributed by atoms with van der Waals surface area (Å²) in [5, 5.41) is 0. The van der Waals surface area contributed by atoms with Gasteiger partial charge in [-0.1, -0.05) is 12.8 Å². The number of hydrogen-bond donors (Lipinski definition) is 0. The van der Waals surface area contributed by atoms with Crippen LogP contribution in [-0.4, -0.2) is 36.4 Å². The van der Waals surface area contributed by atoms with Crippen LogP contribution >= 0.6 is 0 Å². The lowest BCUT2D eigenvalue weighted by atomic mass is 10.0. The van der Waals surface area contributed by atoms with Crippen molar-refractivity contribution in [1.82, 2.24) is 4.90 Å². The molecule has 0 amide bonds. The predicted octanol–water partition coefficient (Wildman–Crippen LogP) is 3.53. The molecule has 0 N–H and O–H groups in total. The van der Waals surface area contributed by atoms with Crippen molar-refractivity contribution in [3.63, 3.8) is 0 Å². The lowest BCUT2D eigenvalue weighted by molar-refractivity contribution is 0.0780. The van der Waals surface area contributed by atoms with Crippen LogP contribution in [0.4, 0.5) is 0 Å². The molecule has 3 nitrogen and oxygen atoms in total. The fourth-order valence-electron chi connectivity index (χ4n) is 3.02. The Morgan fingerprint density at radius 1 is 1.25 bits per heavy atom. The van der Waals surface area contributed by atoms with E-state index < -0.39 is 0 Å². The number of methoxy groups -OCH3 is 1. The molecule has 1 heterocycles. The molecule has 2 atom stereocenters. The highest BCUT2D eigenvalue weighted by Gasteiger charge is 2.27. The van der Waals surface area contributed by atoms with Gasteiger partial charge in [-0.05, 0) is 57.5 Å². The van der Waals surface area contributed by atoms with E-state index in [0.717, 1.165) is 17.9 Å². The van der Waals surface area contributed by atoms with Crippen LogP contribution in [0.5, 0.6) is 5.75 Å². The van der Waals surface area contributed by atoms with Crippen molar-refractivity contribution in [2.24, 2.45) is 0 Å². The topological polar surface area (TPSA) is 29.5 Å². The minimum Gasteiger partial charge on any atom is -0.497 e. The molecule has 1 aliphatic heterocycles. The first kappa shape index (κ1) is 15.0. The molecule has 1 aliphatic rings. The first-order valence-electron chi connectivity index (χ1n) is 7.57. The van der Waals surface area contributed by atoms with Gasteiger partial charge in [-0.15, -0.1) is 0 Å². The lowest BCUT2D eigenvalue weighted by Gasteiger charge is -2.32. The molecule has 0 aromatic heterocycles. The second-order valence-corrected chi connectivity index (χ2v) is 5.70. The smallest absolute Gasteiger partial charge is 0.179 e. The largest absolute Gasteiger partial charge is 0.497 e. The van der Waals surface area contributed by atoms with Crippen molar-refractivity contribution >= 4 is 5.78 Å². The van der Waals surface area contributed by atoms with E-state index in [2.05, 4.69) is 11.8 Å². The molecule has 1 aromatic carbocycles. The highest BCUT2D eigenvalue weighted by atomic mass is 16.5. The lowest BCUT2D eigenvalue weighted by Crippen LogP contribution is -2.44. The van der Waals surface area contributed by atoms with Crippen molar-refractivity contribution in [3.05, 3.63) is 29.8 Å². The third kappa shape index (κ3) is 3.40. The number of likely N-dealkylation sites (tertiary alicyclic amines) is 1. The second-order valence-electron chi connectivity index (χ2n) is 5.70. The maximum Gasteiger partial charge on any atom is 0.179 e. The SMILES string of the molecule is COc1ccc(C(=O)C(C)N2CCCCCC2C)cc1. The molecule has 0 radical (unpaired) electrons. The fraction of sp³-hybridized carbons (Fsp3) is 0.588. The predicted molar refractivity (Wildman–Crippen MR) is 81.4 cm³/mol. The molecular weight excluding hydrogens is 250 g/mol. The van der Waals surface area contributed by atoms with E-state index in [9.17, 15) is 4.79 Å². The number of ether oxygens (including phenoxy) is 1. The van der Waals surface area contributed by atoms with E-state index in [1.165, 1.54) is 25.7 Å². The molecule has 0 aliphatic carbocycles. The minimum atomic E-state index is -0.0449. The number of rotatable bonds is 4. The Morgan fingerprint density at radius 2 is 1.95 bits per heavy atom. The van der Waals surface area contributed by atoms with Gasteiger partial charge in [-0.3, -0.25) is 9.69 Å². The van der Waals surface area contributed by atoms with E-state index in [1.807, 2.05) is 31.2 Å². The Morgan fingerprint density at radius 3 is 2.60 bits per heavy atom. The maximum atomic E-state index is 12.6. The second kappa shape index (κ2) is 6.89. The molecule has 2 unspecified atom stereocenters. The van der Waals surface area contributed by atoms with Crippen molar-refractivity contribution in [1.29, 1.82) is 0 Å². The Kier molecular flexibility index (Phi) is 5.18. The average molecular weight is 275 g/mol. The molecule has 3 heteroatoms. The zero-order valence-corrected chi connectivity index (χ0v) is 12.8. The van der Waals surface area contributed by atoms with Gasteiger partial charge in [0.1, 0.15) is 5.75 Å². The number of nitrogens with zero attached hydrogens (tertiary/aromatic N) is 1. The molecule has 20 heavy (non-hydrogen) atoms. The van der Waals surface area contributed by atoms with Gasteiger partial charge >= 0.3 is 0 Å². The number of ketones is 1. The Hall–Kier alpha value is -1.35. The molecule has 0 spiro atoms. The van der Waals surface area contributed by atoms with Crippen LogP contribution in [0.25, 0.3) is 0 Å². The number of benzene rings is 1. The first-order valence-corrected chi connectivity index (χ1v) is 7.57. The van der Waals surface area contributed by atoms with Crippen LogP contribution in [0.15, 0.2) is 24.3 Å². The molecule has 0 saturated carbocycles. The molecule has 110 valence electrons. The van der Waals surface area contributed by atoms with Crippen LogP contribution in [-0.2, 0) is 0 Å². The summed E-state index contributed by atoms with van der Waals surface area (Å²) in [7, 11) is 1.64. The number of carbonyl (C=O) groups excluding carboxylic acids is 1. The van der Waals surface area contributed by atoms with Crippen molar-refractivity contribution in [3.8, 4) is 5.75 Å². The number of Topliss-reactive ketones (excluding diaryl/α,β-unsaturated/α-hetero) is 1. The van der Waals surface area contributed by atoms with Gasteiger partial charge < -0.3 is 4.74 Å². The monoisotopic (exact) mass is 275 g/mol.